The van der Waals surface area contributed by atoms with Gasteiger partial charge in [-0.05, 0) is 43.5 Å². The summed E-state index contributed by atoms with van der Waals surface area (Å²) >= 11 is 0. The van der Waals surface area contributed by atoms with Crippen LogP contribution in [0.1, 0.15) is 18.4 Å². The molecule has 1 atom stereocenters. The van der Waals surface area contributed by atoms with Gasteiger partial charge in [0, 0.05) is 24.9 Å². The first kappa shape index (κ1) is 16.0. The lowest BCUT2D eigenvalue weighted by Gasteiger charge is -2.14. The van der Waals surface area contributed by atoms with Crippen LogP contribution in [0.4, 0.5) is 5.82 Å². The third kappa shape index (κ3) is 2.96. The summed E-state index contributed by atoms with van der Waals surface area (Å²) in [5.74, 6) is 1.81. The first-order valence-electron chi connectivity index (χ1n) is 8.74. The lowest BCUT2D eigenvalue weighted by Crippen LogP contribution is -2.19. The molecule has 0 spiro atoms. The van der Waals surface area contributed by atoms with E-state index >= 15 is 0 Å². The molecule has 0 unspecified atom stereocenters. The van der Waals surface area contributed by atoms with Crippen LogP contribution in [-0.4, -0.2) is 35.8 Å². The smallest absolute Gasteiger partial charge is 0.142 e. The molecule has 5 heteroatoms. The number of fused-ring (bicyclic) bond motifs is 1. The molecular weight excluding hydrogens is 314 g/mol. The van der Waals surface area contributed by atoms with Crippen LogP contribution < -0.4 is 10.1 Å². The highest BCUT2D eigenvalue weighted by molar-refractivity contribution is 5.81. The molecule has 3 heterocycles. The third-order valence-electron chi connectivity index (χ3n) is 4.73. The molecule has 2 aromatic heterocycles. The van der Waals surface area contributed by atoms with Crippen LogP contribution in [-0.2, 0) is 4.74 Å². The van der Waals surface area contributed by atoms with E-state index in [4.69, 9.17) is 14.5 Å². The average Bonchev–Trinajstić information content (AvgIpc) is 3.28. The highest BCUT2D eigenvalue weighted by atomic mass is 16.5. The molecule has 0 amide bonds. The number of methoxy groups -OCH3 is 1. The maximum atomic E-state index is 5.76. The van der Waals surface area contributed by atoms with Crippen molar-refractivity contribution < 1.29 is 9.47 Å². The summed E-state index contributed by atoms with van der Waals surface area (Å²) in [4.78, 5) is 4.92. The number of nitrogens with zero attached hydrogens (tertiary/aromatic N) is 2. The Labute approximate surface area is 147 Å². The molecular formula is C20H23N3O2. The number of nitrogens with one attached hydrogen (secondary N) is 1. The molecule has 5 nitrogen and oxygen atoms in total. The lowest BCUT2D eigenvalue weighted by atomic mass is 10.1. The van der Waals surface area contributed by atoms with Crippen molar-refractivity contribution in [1.29, 1.82) is 0 Å². The van der Waals surface area contributed by atoms with Crippen molar-refractivity contribution in [2.75, 3.05) is 25.6 Å². The van der Waals surface area contributed by atoms with E-state index in [1.54, 1.807) is 7.11 Å². The molecule has 1 fully saturated rings. The van der Waals surface area contributed by atoms with Gasteiger partial charge < -0.3 is 14.8 Å². The number of pyridine rings is 1. The summed E-state index contributed by atoms with van der Waals surface area (Å²) in [5, 5.41) is 3.58. The summed E-state index contributed by atoms with van der Waals surface area (Å²) in [6.45, 7) is 3.72. The van der Waals surface area contributed by atoms with Gasteiger partial charge in [-0.2, -0.15) is 0 Å². The van der Waals surface area contributed by atoms with E-state index in [9.17, 15) is 0 Å². The predicted molar refractivity (Wildman–Crippen MR) is 99.4 cm³/mol. The molecule has 1 aromatic carbocycles. The summed E-state index contributed by atoms with van der Waals surface area (Å²) in [6, 6.07) is 12.1. The molecule has 0 radical (unpaired) electrons. The van der Waals surface area contributed by atoms with Gasteiger partial charge >= 0.3 is 0 Å². The van der Waals surface area contributed by atoms with Gasteiger partial charge in [0.1, 0.15) is 22.9 Å². The minimum Gasteiger partial charge on any atom is -0.496 e. The summed E-state index contributed by atoms with van der Waals surface area (Å²) in [5.41, 5.74) is 4.00. The lowest BCUT2D eigenvalue weighted by molar-refractivity contribution is 0.120. The van der Waals surface area contributed by atoms with Crippen LogP contribution in [0.25, 0.3) is 16.9 Å². The summed E-state index contributed by atoms with van der Waals surface area (Å²) < 4.78 is 13.4. The Morgan fingerprint density at radius 2 is 2.16 bits per heavy atom. The fraction of sp³-hybridized carbons (Fsp3) is 0.350. The van der Waals surface area contributed by atoms with Crippen molar-refractivity contribution >= 4 is 11.5 Å². The molecule has 4 rings (SSSR count). The van der Waals surface area contributed by atoms with Crippen molar-refractivity contribution in [3.8, 4) is 17.0 Å². The minimum atomic E-state index is 0.265. The second-order valence-corrected chi connectivity index (χ2v) is 6.41. The van der Waals surface area contributed by atoms with E-state index in [2.05, 4.69) is 22.7 Å². The highest BCUT2D eigenvalue weighted by Crippen LogP contribution is 2.35. The van der Waals surface area contributed by atoms with Gasteiger partial charge in [0.2, 0.25) is 0 Å². The van der Waals surface area contributed by atoms with Gasteiger partial charge in [0.05, 0.1) is 13.2 Å². The van der Waals surface area contributed by atoms with Crippen molar-refractivity contribution in [1.82, 2.24) is 9.38 Å². The Morgan fingerprint density at radius 3 is 2.96 bits per heavy atom. The van der Waals surface area contributed by atoms with Gasteiger partial charge in [-0.3, -0.25) is 4.40 Å². The van der Waals surface area contributed by atoms with Crippen molar-refractivity contribution in [3.63, 3.8) is 0 Å². The zero-order valence-corrected chi connectivity index (χ0v) is 14.7. The van der Waals surface area contributed by atoms with E-state index < -0.39 is 0 Å². The fourth-order valence-electron chi connectivity index (χ4n) is 3.42. The first-order chi connectivity index (χ1) is 12.3. The molecule has 0 saturated carbocycles. The number of aromatic nitrogens is 2. The summed E-state index contributed by atoms with van der Waals surface area (Å²) in [6.07, 6.45) is 4.55. The van der Waals surface area contributed by atoms with Gasteiger partial charge in [0.15, 0.2) is 0 Å². The number of para-hydroxylation sites is 1. The molecule has 25 heavy (non-hydrogen) atoms. The normalized spacial score (nSPS) is 17.1. The monoisotopic (exact) mass is 337 g/mol. The Kier molecular flexibility index (Phi) is 4.32. The highest BCUT2D eigenvalue weighted by Gasteiger charge is 2.20. The quantitative estimate of drug-likeness (QED) is 0.767. The minimum absolute atomic E-state index is 0.265. The number of aryl methyl sites for hydroxylation is 1. The van der Waals surface area contributed by atoms with E-state index in [0.717, 1.165) is 60.0 Å². The number of rotatable bonds is 5. The zero-order valence-electron chi connectivity index (χ0n) is 14.7. The number of benzene rings is 1. The van der Waals surface area contributed by atoms with Crippen molar-refractivity contribution in [2.45, 2.75) is 25.9 Å². The standard InChI is InChI=1S/C20H23N3O2/c1-14-7-5-11-23-19(14)22-18(16-9-3-4-10-17(16)24-2)20(23)21-13-15-8-6-12-25-15/h3-5,7,9-11,15,21H,6,8,12-13H2,1-2H3/t15-/m1/s1. The molecule has 1 saturated heterocycles. The molecule has 3 aromatic rings. The molecule has 1 aliphatic rings. The second kappa shape index (κ2) is 6.76. The fourth-order valence-corrected chi connectivity index (χ4v) is 3.42. The van der Waals surface area contributed by atoms with Crippen molar-refractivity contribution in [2.24, 2.45) is 0 Å². The maximum absolute atomic E-state index is 5.76. The zero-order chi connectivity index (χ0) is 17.2. The van der Waals surface area contributed by atoms with Gasteiger partial charge in [0.25, 0.3) is 0 Å². The van der Waals surface area contributed by atoms with Gasteiger partial charge in [-0.1, -0.05) is 18.2 Å². The largest absolute Gasteiger partial charge is 0.496 e. The molecule has 1 N–H and O–H groups in total. The average molecular weight is 337 g/mol. The Bertz CT molecular complexity index is 882. The van der Waals surface area contributed by atoms with E-state index in [-0.39, 0.29) is 6.10 Å². The topological polar surface area (TPSA) is 47.8 Å². The van der Waals surface area contributed by atoms with Crippen molar-refractivity contribution in [3.05, 3.63) is 48.2 Å². The first-order valence-corrected chi connectivity index (χ1v) is 8.74. The summed E-state index contributed by atoms with van der Waals surface area (Å²) in [7, 11) is 1.69. The number of hydrogen-bond acceptors (Lipinski definition) is 4. The molecule has 1 aliphatic heterocycles. The SMILES string of the molecule is COc1ccccc1-c1nc2c(C)cccn2c1NC[C@H]1CCCO1. The molecule has 130 valence electrons. The Morgan fingerprint density at radius 1 is 1.28 bits per heavy atom. The number of hydrogen-bond donors (Lipinski definition) is 1. The van der Waals surface area contributed by atoms with Gasteiger partial charge in [-0.15, -0.1) is 0 Å². The Hall–Kier alpha value is -2.53. The van der Waals surface area contributed by atoms with Crippen LogP contribution >= 0.6 is 0 Å². The van der Waals surface area contributed by atoms with E-state index in [0.29, 0.717) is 0 Å². The molecule has 0 aliphatic carbocycles. The van der Waals surface area contributed by atoms with Crippen LogP contribution in [0.2, 0.25) is 0 Å². The van der Waals surface area contributed by atoms with E-state index in [1.807, 2.05) is 36.5 Å². The van der Waals surface area contributed by atoms with E-state index in [1.165, 1.54) is 0 Å². The van der Waals surface area contributed by atoms with Crippen LogP contribution in [0.3, 0.4) is 0 Å². The number of ether oxygens (including phenoxy) is 2. The number of imidazole rings is 1. The molecule has 0 bridgehead atoms. The Balaban J connectivity index is 1.81. The third-order valence-corrected chi connectivity index (χ3v) is 4.73. The van der Waals surface area contributed by atoms with Gasteiger partial charge in [-0.25, -0.2) is 4.98 Å². The second-order valence-electron chi connectivity index (χ2n) is 6.41. The van der Waals surface area contributed by atoms with Crippen LogP contribution in [0, 0.1) is 6.92 Å². The van der Waals surface area contributed by atoms with Crippen LogP contribution in [0.5, 0.6) is 5.75 Å². The van der Waals surface area contributed by atoms with Crippen LogP contribution in [0.15, 0.2) is 42.6 Å². The number of anilines is 1. The maximum Gasteiger partial charge on any atom is 0.142 e. The predicted octanol–water partition coefficient (Wildman–Crippen LogP) is 3.91.